The van der Waals surface area contributed by atoms with Crippen molar-refractivity contribution in [3.63, 3.8) is 0 Å². The number of ether oxygens (including phenoxy) is 1. The quantitative estimate of drug-likeness (QED) is 0.810. The van der Waals surface area contributed by atoms with E-state index in [1.54, 1.807) is 19.1 Å². The maximum atomic E-state index is 12.5. The van der Waals surface area contributed by atoms with Crippen molar-refractivity contribution in [3.05, 3.63) is 29.3 Å². The van der Waals surface area contributed by atoms with E-state index < -0.39 is 10.0 Å². The van der Waals surface area contributed by atoms with Crippen LogP contribution in [0, 0.1) is 18.8 Å². The Labute approximate surface area is 125 Å². The van der Waals surface area contributed by atoms with E-state index in [4.69, 9.17) is 9.84 Å². The van der Waals surface area contributed by atoms with Crippen molar-refractivity contribution in [2.75, 3.05) is 13.2 Å². The number of benzene rings is 1. The molecule has 1 aliphatic rings. The van der Waals surface area contributed by atoms with Crippen LogP contribution in [-0.4, -0.2) is 38.9 Å². The van der Waals surface area contributed by atoms with E-state index in [-0.39, 0.29) is 23.6 Å². The smallest absolute Gasteiger partial charge is 0.241 e. The van der Waals surface area contributed by atoms with Gasteiger partial charge in [0.2, 0.25) is 10.0 Å². The average Bonchev–Trinajstić information content (AvgIpc) is 2.82. The van der Waals surface area contributed by atoms with Gasteiger partial charge in [-0.25, -0.2) is 13.1 Å². The van der Waals surface area contributed by atoms with Crippen LogP contribution in [0.4, 0.5) is 0 Å². The molecule has 1 saturated heterocycles. The summed E-state index contributed by atoms with van der Waals surface area (Å²) in [4.78, 5) is 0.214. The maximum Gasteiger partial charge on any atom is 0.241 e. The molecule has 5 nitrogen and oxygen atoms in total. The fourth-order valence-corrected chi connectivity index (χ4v) is 3.87. The molecule has 2 rings (SSSR count). The van der Waals surface area contributed by atoms with Crippen molar-refractivity contribution >= 4 is 10.0 Å². The van der Waals surface area contributed by atoms with Gasteiger partial charge < -0.3 is 9.84 Å². The van der Waals surface area contributed by atoms with Crippen LogP contribution < -0.4 is 4.72 Å². The molecule has 0 radical (unpaired) electrons. The minimum Gasteiger partial charge on any atom is -0.384 e. The van der Waals surface area contributed by atoms with E-state index in [1.165, 1.54) is 6.07 Å². The zero-order chi connectivity index (χ0) is 15.5. The first-order valence-electron chi connectivity index (χ1n) is 6.78. The highest BCUT2D eigenvalue weighted by Gasteiger charge is 2.29. The number of aliphatic hydroxyl groups excluding tert-OH is 1. The van der Waals surface area contributed by atoms with Gasteiger partial charge in [-0.3, -0.25) is 0 Å². The van der Waals surface area contributed by atoms with Crippen LogP contribution in [0.5, 0.6) is 0 Å². The second kappa shape index (κ2) is 6.58. The SMILES string of the molecule is Cc1ccc(C#CCO)cc1S(=O)(=O)NC1CCOC1C. The Morgan fingerprint density at radius 1 is 1.48 bits per heavy atom. The van der Waals surface area contributed by atoms with Gasteiger partial charge in [0, 0.05) is 12.2 Å². The molecule has 1 aliphatic heterocycles. The van der Waals surface area contributed by atoms with Gasteiger partial charge in [0.15, 0.2) is 0 Å². The number of nitrogens with one attached hydrogen (secondary N) is 1. The molecule has 1 heterocycles. The van der Waals surface area contributed by atoms with Crippen LogP contribution in [0.25, 0.3) is 0 Å². The third-order valence-corrected chi connectivity index (χ3v) is 5.10. The summed E-state index contributed by atoms with van der Waals surface area (Å²) in [5, 5.41) is 8.71. The van der Waals surface area contributed by atoms with E-state index >= 15 is 0 Å². The summed E-state index contributed by atoms with van der Waals surface area (Å²) in [6, 6.07) is 4.77. The molecule has 0 saturated carbocycles. The second-order valence-corrected chi connectivity index (χ2v) is 6.71. The monoisotopic (exact) mass is 309 g/mol. The highest BCUT2D eigenvalue weighted by molar-refractivity contribution is 7.89. The van der Waals surface area contributed by atoms with Crippen molar-refractivity contribution in [2.45, 2.75) is 37.3 Å². The molecule has 21 heavy (non-hydrogen) atoms. The zero-order valence-corrected chi connectivity index (χ0v) is 12.9. The summed E-state index contributed by atoms with van der Waals surface area (Å²) in [6.07, 6.45) is 0.543. The maximum absolute atomic E-state index is 12.5. The molecular formula is C15H19NO4S. The Hall–Kier alpha value is -1.39. The predicted molar refractivity (Wildman–Crippen MR) is 79.3 cm³/mol. The Kier molecular flexibility index (Phi) is 5.01. The van der Waals surface area contributed by atoms with Gasteiger partial charge >= 0.3 is 0 Å². The fourth-order valence-electron chi connectivity index (χ4n) is 2.26. The Balaban J connectivity index is 2.30. The molecule has 0 spiro atoms. The summed E-state index contributed by atoms with van der Waals surface area (Å²) in [6.45, 7) is 3.91. The fraction of sp³-hybridized carbons (Fsp3) is 0.467. The third kappa shape index (κ3) is 3.83. The van der Waals surface area contributed by atoms with Crippen molar-refractivity contribution in [1.29, 1.82) is 0 Å². The van der Waals surface area contributed by atoms with E-state index in [1.807, 2.05) is 6.92 Å². The Morgan fingerprint density at radius 3 is 2.86 bits per heavy atom. The molecule has 0 aromatic heterocycles. The van der Waals surface area contributed by atoms with Crippen LogP contribution in [0.3, 0.4) is 0 Å². The minimum atomic E-state index is -3.62. The Morgan fingerprint density at radius 2 is 2.24 bits per heavy atom. The first-order chi connectivity index (χ1) is 9.94. The molecule has 2 unspecified atom stereocenters. The lowest BCUT2D eigenvalue weighted by molar-refractivity contribution is 0.117. The van der Waals surface area contributed by atoms with Gasteiger partial charge in [0.1, 0.15) is 6.61 Å². The third-order valence-electron chi connectivity index (χ3n) is 3.47. The largest absolute Gasteiger partial charge is 0.384 e. The molecule has 1 aromatic carbocycles. The van der Waals surface area contributed by atoms with E-state index in [9.17, 15) is 8.42 Å². The minimum absolute atomic E-state index is 0.127. The molecule has 0 aliphatic carbocycles. The molecule has 6 heteroatoms. The highest BCUT2D eigenvalue weighted by Crippen LogP contribution is 2.20. The lowest BCUT2D eigenvalue weighted by atomic mass is 10.1. The van der Waals surface area contributed by atoms with E-state index in [2.05, 4.69) is 16.6 Å². The van der Waals surface area contributed by atoms with Crippen molar-refractivity contribution in [2.24, 2.45) is 0 Å². The number of sulfonamides is 1. The van der Waals surface area contributed by atoms with Gasteiger partial charge in [0.05, 0.1) is 17.0 Å². The lowest BCUT2D eigenvalue weighted by Crippen LogP contribution is -2.39. The molecule has 0 bridgehead atoms. The topological polar surface area (TPSA) is 75.6 Å². The van der Waals surface area contributed by atoms with Crippen LogP contribution in [0.1, 0.15) is 24.5 Å². The van der Waals surface area contributed by atoms with Crippen molar-refractivity contribution in [1.82, 2.24) is 4.72 Å². The molecular weight excluding hydrogens is 290 g/mol. The first-order valence-corrected chi connectivity index (χ1v) is 8.26. The van der Waals surface area contributed by atoms with Crippen LogP contribution in [-0.2, 0) is 14.8 Å². The Bertz CT molecular complexity index is 673. The highest BCUT2D eigenvalue weighted by atomic mass is 32.2. The van der Waals surface area contributed by atoms with Crippen LogP contribution in [0.2, 0.25) is 0 Å². The van der Waals surface area contributed by atoms with Gasteiger partial charge in [-0.05, 0) is 38.0 Å². The number of hydrogen-bond acceptors (Lipinski definition) is 4. The van der Waals surface area contributed by atoms with Crippen molar-refractivity contribution in [3.8, 4) is 11.8 Å². The number of rotatable bonds is 3. The van der Waals surface area contributed by atoms with Crippen LogP contribution >= 0.6 is 0 Å². The molecule has 1 aromatic rings. The normalized spacial score (nSPS) is 21.9. The van der Waals surface area contributed by atoms with Gasteiger partial charge in [-0.15, -0.1) is 0 Å². The van der Waals surface area contributed by atoms with E-state index in [0.717, 1.165) is 0 Å². The van der Waals surface area contributed by atoms with E-state index in [0.29, 0.717) is 24.2 Å². The summed E-state index contributed by atoms with van der Waals surface area (Å²) in [5.74, 6) is 5.23. The van der Waals surface area contributed by atoms with Crippen LogP contribution in [0.15, 0.2) is 23.1 Å². The summed E-state index contributed by atoms with van der Waals surface area (Å²) in [5.41, 5.74) is 1.22. The average molecular weight is 309 g/mol. The standard InChI is InChI=1S/C15H19NO4S/c1-11-5-6-13(4-3-8-17)10-15(11)21(18,19)16-14-7-9-20-12(14)2/h5-6,10,12,14,16-17H,7-9H2,1-2H3. The molecule has 2 N–H and O–H groups in total. The van der Waals surface area contributed by atoms with Gasteiger partial charge in [-0.2, -0.15) is 0 Å². The van der Waals surface area contributed by atoms with Crippen molar-refractivity contribution < 1.29 is 18.3 Å². The number of aliphatic hydroxyl groups is 1. The summed E-state index contributed by atoms with van der Waals surface area (Å²) < 4.78 is 33.1. The zero-order valence-electron chi connectivity index (χ0n) is 12.1. The molecule has 1 fully saturated rings. The second-order valence-electron chi connectivity index (χ2n) is 5.03. The lowest BCUT2D eigenvalue weighted by Gasteiger charge is -2.17. The number of hydrogen-bond donors (Lipinski definition) is 2. The van der Waals surface area contributed by atoms with Gasteiger partial charge in [0.25, 0.3) is 0 Å². The molecule has 114 valence electrons. The molecule has 0 amide bonds. The molecule has 2 atom stereocenters. The van der Waals surface area contributed by atoms with Gasteiger partial charge in [-0.1, -0.05) is 17.9 Å². The first kappa shape index (κ1) is 16.0. The predicted octanol–water partition coefficient (Wildman–Crippen LogP) is 0.795. The summed E-state index contributed by atoms with van der Waals surface area (Å²) >= 11 is 0. The number of aryl methyl sites for hydroxylation is 1. The summed E-state index contributed by atoms with van der Waals surface area (Å²) in [7, 11) is -3.62.